The van der Waals surface area contributed by atoms with Crippen LogP contribution in [0.1, 0.15) is 17.3 Å². The fraction of sp³-hybridized carbons (Fsp3) is 0.250. The molecule has 0 aliphatic heterocycles. The first-order valence-corrected chi connectivity index (χ1v) is 5.59. The molecule has 1 rings (SSSR count). The lowest BCUT2D eigenvalue weighted by Gasteiger charge is -2.12. The zero-order chi connectivity index (χ0) is 14.4. The summed E-state index contributed by atoms with van der Waals surface area (Å²) in [5.41, 5.74) is 10.9. The molecule has 5 N–H and O–H groups in total. The van der Waals surface area contributed by atoms with Crippen LogP contribution in [0.25, 0.3) is 0 Å². The van der Waals surface area contributed by atoms with Gasteiger partial charge < -0.3 is 21.5 Å². The van der Waals surface area contributed by atoms with Crippen molar-refractivity contribution < 1.29 is 19.1 Å². The van der Waals surface area contributed by atoms with E-state index in [1.807, 2.05) is 0 Å². The van der Waals surface area contributed by atoms with Crippen LogP contribution in [0.2, 0.25) is 0 Å². The molecule has 0 saturated heterocycles. The van der Waals surface area contributed by atoms with Crippen LogP contribution in [0, 0.1) is 0 Å². The van der Waals surface area contributed by atoms with Crippen molar-refractivity contribution in [3.05, 3.63) is 29.8 Å². The largest absolute Gasteiger partial charge is 0.464 e. The second kappa shape index (κ2) is 6.50. The van der Waals surface area contributed by atoms with Gasteiger partial charge in [-0.25, -0.2) is 4.79 Å². The molecule has 0 saturated carbocycles. The number of hydrogen-bond acceptors (Lipinski definition) is 5. The van der Waals surface area contributed by atoms with Crippen LogP contribution in [0.3, 0.4) is 0 Å². The fourth-order valence-corrected chi connectivity index (χ4v) is 1.36. The van der Waals surface area contributed by atoms with Gasteiger partial charge in [-0.3, -0.25) is 9.59 Å². The Labute approximate surface area is 109 Å². The second-order valence-electron chi connectivity index (χ2n) is 3.63. The number of hydrogen-bond donors (Lipinski definition) is 3. The number of carbonyl (C=O) groups excluding carboxylic acids is 3. The molecule has 1 unspecified atom stereocenters. The lowest BCUT2D eigenvalue weighted by atomic mass is 10.1. The van der Waals surface area contributed by atoms with Gasteiger partial charge in [0.1, 0.15) is 0 Å². The molecular formula is C12H15N3O4. The fourth-order valence-electron chi connectivity index (χ4n) is 1.36. The highest BCUT2D eigenvalue weighted by atomic mass is 16.5. The van der Waals surface area contributed by atoms with Gasteiger partial charge in [0.25, 0.3) is 11.8 Å². The minimum atomic E-state index is -1.46. The molecular weight excluding hydrogens is 250 g/mol. The van der Waals surface area contributed by atoms with Gasteiger partial charge in [-0.1, -0.05) is 12.1 Å². The van der Waals surface area contributed by atoms with Crippen LogP contribution in [0.5, 0.6) is 0 Å². The summed E-state index contributed by atoms with van der Waals surface area (Å²) < 4.78 is 4.62. The summed E-state index contributed by atoms with van der Waals surface area (Å²) in [5.74, 6) is -2.30. The monoisotopic (exact) mass is 265 g/mol. The van der Waals surface area contributed by atoms with Gasteiger partial charge in [0.05, 0.1) is 17.9 Å². The predicted molar refractivity (Wildman–Crippen MR) is 68.2 cm³/mol. The highest BCUT2D eigenvalue weighted by Crippen LogP contribution is 2.14. The van der Waals surface area contributed by atoms with Crippen LogP contribution in [0.15, 0.2) is 24.3 Å². The topological polar surface area (TPSA) is 125 Å². The Kier molecular flexibility index (Phi) is 5.01. The number of amides is 2. The van der Waals surface area contributed by atoms with Gasteiger partial charge in [-0.15, -0.1) is 0 Å². The molecule has 1 atom stereocenters. The summed E-state index contributed by atoms with van der Waals surface area (Å²) in [5, 5.41) is 2.37. The van der Waals surface area contributed by atoms with Gasteiger partial charge in [0.2, 0.25) is 0 Å². The van der Waals surface area contributed by atoms with Gasteiger partial charge in [-0.05, 0) is 19.1 Å². The average molecular weight is 265 g/mol. The van der Waals surface area contributed by atoms with Crippen molar-refractivity contribution in [3.63, 3.8) is 0 Å². The molecule has 0 heterocycles. The van der Waals surface area contributed by atoms with Crippen molar-refractivity contribution in [2.45, 2.75) is 13.0 Å². The van der Waals surface area contributed by atoms with Crippen LogP contribution in [-0.2, 0) is 14.3 Å². The number of anilines is 1. The summed E-state index contributed by atoms with van der Waals surface area (Å²) in [6.45, 7) is 1.72. The Balaban J connectivity index is 2.83. The third-order valence-corrected chi connectivity index (χ3v) is 2.27. The van der Waals surface area contributed by atoms with Gasteiger partial charge in [0, 0.05) is 0 Å². The zero-order valence-corrected chi connectivity index (χ0v) is 10.4. The SMILES string of the molecule is CCOC(=O)C(N)C(=O)Nc1ccccc1C(N)=O. The Morgan fingerprint density at radius 3 is 2.53 bits per heavy atom. The van der Waals surface area contributed by atoms with Crippen molar-refractivity contribution in [2.24, 2.45) is 11.5 Å². The maximum Gasteiger partial charge on any atom is 0.332 e. The number of benzene rings is 1. The summed E-state index contributed by atoms with van der Waals surface area (Å²) in [7, 11) is 0. The van der Waals surface area contributed by atoms with E-state index in [0.29, 0.717) is 0 Å². The lowest BCUT2D eigenvalue weighted by molar-refractivity contribution is -0.146. The molecule has 7 nitrogen and oxygen atoms in total. The van der Waals surface area contributed by atoms with Crippen molar-refractivity contribution >= 4 is 23.5 Å². The molecule has 2 amide bonds. The van der Waals surface area contributed by atoms with E-state index < -0.39 is 23.8 Å². The van der Waals surface area contributed by atoms with Crippen molar-refractivity contribution in [1.29, 1.82) is 0 Å². The smallest absolute Gasteiger partial charge is 0.332 e. The number of esters is 1. The molecule has 102 valence electrons. The Hall–Kier alpha value is -2.41. The Morgan fingerprint density at radius 2 is 1.95 bits per heavy atom. The summed E-state index contributed by atoms with van der Waals surface area (Å²) >= 11 is 0. The van der Waals surface area contributed by atoms with Crippen LogP contribution < -0.4 is 16.8 Å². The standard InChI is InChI=1S/C12H15N3O4/c1-2-19-12(18)9(13)11(17)15-8-6-4-3-5-7(8)10(14)16/h3-6,9H,2,13H2,1H3,(H2,14,16)(H,15,17). The molecule has 0 aliphatic carbocycles. The van der Waals surface area contributed by atoms with E-state index in [1.54, 1.807) is 19.1 Å². The minimum Gasteiger partial charge on any atom is -0.464 e. The predicted octanol–water partition coefficient (Wildman–Crippen LogP) is -0.386. The summed E-state index contributed by atoms with van der Waals surface area (Å²) in [6.07, 6.45) is 0. The molecule has 0 radical (unpaired) electrons. The van der Waals surface area contributed by atoms with E-state index in [0.717, 1.165) is 0 Å². The highest BCUT2D eigenvalue weighted by Gasteiger charge is 2.24. The van der Waals surface area contributed by atoms with Crippen molar-refractivity contribution in [2.75, 3.05) is 11.9 Å². The average Bonchev–Trinajstić information content (AvgIpc) is 2.38. The number of primary amides is 1. The summed E-state index contributed by atoms with van der Waals surface area (Å²) in [4.78, 5) is 34.2. The molecule has 0 aromatic heterocycles. The number of para-hydroxylation sites is 1. The number of carbonyl (C=O) groups is 3. The third kappa shape index (κ3) is 3.78. The lowest BCUT2D eigenvalue weighted by Crippen LogP contribution is -2.43. The van der Waals surface area contributed by atoms with Gasteiger partial charge in [-0.2, -0.15) is 0 Å². The number of nitrogens with two attached hydrogens (primary N) is 2. The Morgan fingerprint density at radius 1 is 1.32 bits per heavy atom. The quantitative estimate of drug-likeness (QED) is 0.494. The molecule has 1 aromatic carbocycles. The molecule has 0 spiro atoms. The minimum absolute atomic E-state index is 0.123. The maximum absolute atomic E-state index is 11.7. The second-order valence-corrected chi connectivity index (χ2v) is 3.63. The Bertz CT molecular complexity index is 502. The molecule has 19 heavy (non-hydrogen) atoms. The van der Waals surface area contributed by atoms with Crippen molar-refractivity contribution in [3.8, 4) is 0 Å². The molecule has 7 heteroatoms. The maximum atomic E-state index is 11.7. The van der Waals surface area contributed by atoms with Crippen molar-refractivity contribution in [1.82, 2.24) is 0 Å². The summed E-state index contributed by atoms with van der Waals surface area (Å²) in [6, 6.07) is 4.68. The normalized spacial score (nSPS) is 11.5. The van der Waals surface area contributed by atoms with E-state index in [1.165, 1.54) is 12.1 Å². The van der Waals surface area contributed by atoms with Crippen LogP contribution in [0.4, 0.5) is 5.69 Å². The number of rotatable bonds is 5. The highest BCUT2D eigenvalue weighted by molar-refractivity contribution is 6.10. The number of nitrogens with one attached hydrogen (secondary N) is 1. The van der Waals surface area contributed by atoms with E-state index in [2.05, 4.69) is 10.1 Å². The van der Waals surface area contributed by atoms with E-state index in [9.17, 15) is 14.4 Å². The first kappa shape index (κ1) is 14.7. The third-order valence-electron chi connectivity index (χ3n) is 2.27. The van der Waals surface area contributed by atoms with Gasteiger partial charge >= 0.3 is 5.97 Å². The first-order chi connectivity index (χ1) is 8.97. The molecule has 1 aromatic rings. The van der Waals surface area contributed by atoms with E-state index >= 15 is 0 Å². The molecule has 0 fully saturated rings. The number of ether oxygens (including phenoxy) is 1. The van der Waals surface area contributed by atoms with Gasteiger partial charge in [0.15, 0.2) is 6.04 Å². The van der Waals surface area contributed by atoms with Crippen LogP contribution >= 0.6 is 0 Å². The molecule has 0 bridgehead atoms. The first-order valence-electron chi connectivity index (χ1n) is 5.59. The van der Waals surface area contributed by atoms with E-state index in [4.69, 9.17) is 11.5 Å². The molecule has 0 aliphatic rings. The van der Waals surface area contributed by atoms with Crippen LogP contribution in [-0.4, -0.2) is 30.4 Å². The zero-order valence-electron chi connectivity index (χ0n) is 10.4. The van der Waals surface area contributed by atoms with E-state index in [-0.39, 0.29) is 17.9 Å².